The molecule has 1 atom stereocenters. The monoisotopic (exact) mass is 266 g/mol. The van der Waals surface area contributed by atoms with E-state index in [2.05, 4.69) is 15.6 Å². The first-order valence-corrected chi connectivity index (χ1v) is 5.81. The van der Waals surface area contributed by atoms with Crippen LogP contribution in [0, 0.1) is 0 Å². The highest BCUT2D eigenvalue weighted by Gasteiger charge is 2.13. The van der Waals surface area contributed by atoms with E-state index >= 15 is 0 Å². The zero-order chi connectivity index (χ0) is 14.4. The number of aromatic carboxylic acids is 1. The molecule has 1 rings (SSSR count). The Morgan fingerprint density at radius 1 is 1.47 bits per heavy atom. The molecule has 7 heteroatoms. The van der Waals surface area contributed by atoms with E-state index in [1.807, 2.05) is 25.9 Å². The standard InChI is InChI=1S/C12H18N4O3/c1-8(16(2)3)7-14-12(19)15-9-5-4-6-13-10(9)11(17)18/h4-6,8H,7H2,1-3H3,(H,17,18)(H2,14,15,19). The summed E-state index contributed by atoms with van der Waals surface area (Å²) in [5, 5.41) is 14.1. The number of anilines is 1. The van der Waals surface area contributed by atoms with E-state index in [1.165, 1.54) is 12.3 Å². The van der Waals surface area contributed by atoms with Crippen molar-refractivity contribution in [1.82, 2.24) is 15.2 Å². The first-order valence-electron chi connectivity index (χ1n) is 5.81. The summed E-state index contributed by atoms with van der Waals surface area (Å²) in [6.07, 6.45) is 1.36. The number of rotatable bonds is 5. The van der Waals surface area contributed by atoms with Crippen molar-refractivity contribution >= 4 is 17.7 Å². The third kappa shape index (κ3) is 4.55. The van der Waals surface area contributed by atoms with Crippen molar-refractivity contribution in [2.45, 2.75) is 13.0 Å². The summed E-state index contributed by atoms with van der Waals surface area (Å²) < 4.78 is 0. The van der Waals surface area contributed by atoms with Crippen molar-refractivity contribution in [3.8, 4) is 0 Å². The molecule has 0 spiro atoms. The molecule has 0 aliphatic carbocycles. The molecule has 1 aromatic heterocycles. The Bertz CT molecular complexity index is 462. The predicted molar refractivity (Wildman–Crippen MR) is 71.4 cm³/mol. The molecule has 0 bridgehead atoms. The lowest BCUT2D eigenvalue weighted by Gasteiger charge is -2.20. The van der Waals surface area contributed by atoms with Gasteiger partial charge >= 0.3 is 12.0 Å². The molecule has 3 N–H and O–H groups in total. The van der Waals surface area contributed by atoms with Crippen LogP contribution >= 0.6 is 0 Å². The first-order chi connectivity index (χ1) is 8.91. The molecule has 0 fully saturated rings. The van der Waals surface area contributed by atoms with Gasteiger partial charge in [0, 0.05) is 18.8 Å². The molecule has 0 saturated heterocycles. The quantitative estimate of drug-likeness (QED) is 0.734. The lowest BCUT2D eigenvalue weighted by atomic mass is 10.3. The SMILES string of the molecule is CC(CNC(=O)Nc1cccnc1C(=O)O)N(C)C. The Kier molecular flexibility index (Phi) is 5.25. The van der Waals surface area contributed by atoms with Crippen molar-refractivity contribution in [2.75, 3.05) is 26.0 Å². The van der Waals surface area contributed by atoms with Crippen molar-refractivity contribution in [2.24, 2.45) is 0 Å². The van der Waals surface area contributed by atoms with Crippen LogP contribution in [0.15, 0.2) is 18.3 Å². The highest BCUT2D eigenvalue weighted by molar-refractivity contribution is 5.98. The Labute approximate surface area is 111 Å². The van der Waals surface area contributed by atoms with Crippen molar-refractivity contribution in [1.29, 1.82) is 0 Å². The van der Waals surface area contributed by atoms with Gasteiger partial charge in [-0.2, -0.15) is 0 Å². The molecular weight excluding hydrogens is 248 g/mol. The van der Waals surface area contributed by atoms with E-state index in [-0.39, 0.29) is 17.4 Å². The molecule has 7 nitrogen and oxygen atoms in total. The van der Waals surface area contributed by atoms with Crippen molar-refractivity contribution in [3.63, 3.8) is 0 Å². The number of nitrogens with zero attached hydrogens (tertiary/aromatic N) is 2. The average Bonchev–Trinajstić information content (AvgIpc) is 2.36. The van der Waals surface area contributed by atoms with E-state index in [4.69, 9.17) is 5.11 Å². The maximum Gasteiger partial charge on any atom is 0.356 e. The molecule has 2 amide bonds. The minimum Gasteiger partial charge on any atom is -0.476 e. The highest BCUT2D eigenvalue weighted by Crippen LogP contribution is 2.11. The number of carboxylic acids is 1. The number of aromatic nitrogens is 1. The lowest BCUT2D eigenvalue weighted by Crippen LogP contribution is -2.40. The Balaban J connectivity index is 2.60. The summed E-state index contributed by atoms with van der Waals surface area (Å²) in [6, 6.07) is 2.78. The number of hydrogen-bond acceptors (Lipinski definition) is 4. The largest absolute Gasteiger partial charge is 0.476 e. The number of pyridine rings is 1. The van der Waals surface area contributed by atoms with Gasteiger partial charge in [-0.05, 0) is 33.2 Å². The van der Waals surface area contributed by atoms with Gasteiger partial charge < -0.3 is 20.6 Å². The van der Waals surface area contributed by atoms with Crippen LogP contribution in [0.1, 0.15) is 17.4 Å². The molecule has 0 aliphatic rings. The fourth-order valence-electron chi connectivity index (χ4n) is 1.27. The van der Waals surface area contributed by atoms with E-state index in [0.717, 1.165) is 0 Å². The van der Waals surface area contributed by atoms with Crippen LogP contribution in [0.2, 0.25) is 0 Å². The molecule has 104 valence electrons. The highest BCUT2D eigenvalue weighted by atomic mass is 16.4. The average molecular weight is 266 g/mol. The predicted octanol–water partition coefficient (Wildman–Crippen LogP) is 0.851. The Morgan fingerprint density at radius 3 is 2.74 bits per heavy atom. The third-order valence-corrected chi connectivity index (χ3v) is 2.70. The number of carboxylic acid groups (broad SMARTS) is 1. The van der Waals surface area contributed by atoms with Crippen LogP contribution in [0.25, 0.3) is 0 Å². The van der Waals surface area contributed by atoms with Gasteiger partial charge in [-0.3, -0.25) is 0 Å². The second kappa shape index (κ2) is 6.69. The summed E-state index contributed by atoms with van der Waals surface area (Å²) in [5.74, 6) is -1.18. The number of carbonyl (C=O) groups excluding carboxylic acids is 1. The molecule has 0 aliphatic heterocycles. The number of amides is 2. The number of likely N-dealkylation sites (N-methyl/N-ethyl adjacent to an activating group) is 1. The van der Waals surface area contributed by atoms with Crippen LogP contribution in [-0.4, -0.2) is 53.7 Å². The molecular formula is C12H18N4O3. The third-order valence-electron chi connectivity index (χ3n) is 2.70. The van der Waals surface area contributed by atoms with Gasteiger partial charge in [0.2, 0.25) is 0 Å². The minimum absolute atomic E-state index is 0.171. The molecule has 0 saturated carbocycles. The van der Waals surface area contributed by atoms with Crippen LogP contribution in [0.5, 0.6) is 0 Å². The molecule has 1 heterocycles. The molecule has 1 aromatic rings. The van der Waals surface area contributed by atoms with Crippen LogP contribution in [-0.2, 0) is 0 Å². The first kappa shape index (κ1) is 14.9. The second-order valence-electron chi connectivity index (χ2n) is 4.35. The molecule has 0 radical (unpaired) electrons. The van der Waals surface area contributed by atoms with Crippen molar-refractivity contribution < 1.29 is 14.7 Å². The Morgan fingerprint density at radius 2 is 2.16 bits per heavy atom. The van der Waals surface area contributed by atoms with Crippen molar-refractivity contribution in [3.05, 3.63) is 24.0 Å². The summed E-state index contributed by atoms with van der Waals surface area (Å²) in [4.78, 5) is 28.2. The fraction of sp³-hybridized carbons (Fsp3) is 0.417. The van der Waals surface area contributed by atoms with E-state index in [0.29, 0.717) is 6.54 Å². The van der Waals surface area contributed by atoms with Crippen LogP contribution < -0.4 is 10.6 Å². The van der Waals surface area contributed by atoms with E-state index in [9.17, 15) is 9.59 Å². The summed E-state index contributed by atoms with van der Waals surface area (Å²) in [6.45, 7) is 2.43. The van der Waals surface area contributed by atoms with Gasteiger partial charge in [0.15, 0.2) is 5.69 Å². The lowest BCUT2D eigenvalue weighted by molar-refractivity contribution is 0.0692. The van der Waals surface area contributed by atoms with E-state index < -0.39 is 12.0 Å². The van der Waals surface area contributed by atoms with Crippen LogP contribution in [0.3, 0.4) is 0 Å². The summed E-state index contributed by atoms with van der Waals surface area (Å²) >= 11 is 0. The Hall–Kier alpha value is -2.15. The fourth-order valence-corrected chi connectivity index (χ4v) is 1.27. The van der Waals surface area contributed by atoms with Gasteiger partial charge in [0.05, 0.1) is 5.69 Å². The van der Waals surface area contributed by atoms with Gasteiger partial charge in [-0.25, -0.2) is 14.6 Å². The topological polar surface area (TPSA) is 94.6 Å². The zero-order valence-corrected chi connectivity index (χ0v) is 11.2. The smallest absolute Gasteiger partial charge is 0.356 e. The van der Waals surface area contributed by atoms with Crippen LogP contribution in [0.4, 0.5) is 10.5 Å². The number of hydrogen-bond donors (Lipinski definition) is 3. The van der Waals surface area contributed by atoms with Gasteiger partial charge in [0.1, 0.15) is 0 Å². The van der Waals surface area contributed by atoms with E-state index in [1.54, 1.807) is 6.07 Å². The maximum atomic E-state index is 11.7. The molecule has 19 heavy (non-hydrogen) atoms. The number of urea groups is 1. The van der Waals surface area contributed by atoms with Gasteiger partial charge in [0.25, 0.3) is 0 Å². The summed E-state index contributed by atoms with van der Waals surface area (Å²) in [5.41, 5.74) is -0.0108. The number of nitrogens with one attached hydrogen (secondary N) is 2. The van der Waals surface area contributed by atoms with Gasteiger partial charge in [-0.15, -0.1) is 0 Å². The maximum absolute atomic E-state index is 11.7. The molecule has 0 aromatic carbocycles. The van der Waals surface area contributed by atoms with Gasteiger partial charge in [-0.1, -0.05) is 0 Å². The normalized spacial score (nSPS) is 12.0. The minimum atomic E-state index is -1.18. The molecule has 1 unspecified atom stereocenters. The second-order valence-corrected chi connectivity index (χ2v) is 4.35. The summed E-state index contributed by atoms with van der Waals surface area (Å²) in [7, 11) is 3.82. The number of carbonyl (C=O) groups is 2. The zero-order valence-electron chi connectivity index (χ0n) is 11.2.